The van der Waals surface area contributed by atoms with Crippen LogP contribution in [0.3, 0.4) is 0 Å². The van der Waals surface area contributed by atoms with Crippen molar-refractivity contribution in [2.75, 3.05) is 27.3 Å². The lowest BCUT2D eigenvalue weighted by atomic mass is 10.0. The average molecular weight is 770 g/mol. The van der Waals surface area contributed by atoms with Crippen molar-refractivity contribution in [1.29, 1.82) is 0 Å². The molecular formula is C44H47N7O6. The summed E-state index contributed by atoms with van der Waals surface area (Å²) in [6.45, 7) is 4.96. The van der Waals surface area contributed by atoms with Crippen LogP contribution in [0.1, 0.15) is 75.0 Å². The third-order valence-electron chi connectivity index (χ3n) is 10.9. The number of imidazole rings is 1. The summed E-state index contributed by atoms with van der Waals surface area (Å²) in [7, 11) is 2.57. The molecule has 4 heterocycles. The van der Waals surface area contributed by atoms with E-state index in [1.165, 1.54) is 14.2 Å². The maximum atomic E-state index is 13.9. The predicted octanol–water partition coefficient (Wildman–Crippen LogP) is 6.44. The molecule has 3 N–H and O–H groups in total. The third kappa shape index (κ3) is 8.55. The topological polar surface area (TPSA) is 158 Å². The summed E-state index contributed by atoms with van der Waals surface area (Å²) in [4.78, 5) is 68.0. The van der Waals surface area contributed by atoms with Gasteiger partial charge in [-0.1, -0.05) is 74.2 Å². The van der Waals surface area contributed by atoms with Crippen molar-refractivity contribution < 1.29 is 28.7 Å². The monoisotopic (exact) mass is 769 g/mol. The molecule has 1 aromatic heterocycles. The van der Waals surface area contributed by atoms with Crippen molar-refractivity contribution in [1.82, 2.24) is 30.4 Å². The average Bonchev–Trinajstić information content (AvgIpc) is 4.07. The maximum absolute atomic E-state index is 13.9. The number of aromatic amines is 1. The summed E-state index contributed by atoms with van der Waals surface area (Å²) < 4.78 is 9.58. The molecule has 0 saturated carbocycles. The van der Waals surface area contributed by atoms with E-state index in [0.29, 0.717) is 25.1 Å². The van der Waals surface area contributed by atoms with Gasteiger partial charge in [0.25, 0.3) is 0 Å². The van der Waals surface area contributed by atoms with Gasteiger partial charge in [0.2, 0.25) is 11.8 Å². The van der Waals surface area contributed by atoms with Crippen LogP contribution in [0.2, 0.25) is 0 Å². The van der Waals surface area contributed by atoms with E-state index >= 15 is 0 Å². The minimum Gasteiger partial charge on any atom is -0.453 e. The lowest BCUT2D eigenvalue weighted by Crippen LogP contribution is -2.51. The van der Waals surface area contributed by atoms with Gasteiger partial charge < -0.3 is 34.9 Å². The van der Waals surface area contributed by atoms with Crippen LogP contribution >= 0.6 is 0 Å². The number of benzene rings is 3. The number of hydrogen-bond acceptors (Lipinski definition) is 8. The Kier molecular flexibility index (Phi) is 11.7. The van der Waals surface area contributed by atoms with Crippen LogP contribution in [0.25, 0.3) is 22.0 Å². The van der Waals surface area contributed by atoms with Crippen molar-refractivity contribution in [3.8, 4) is 23.1 Å². The van der Waals surface area contributed by atoms with E-state index in [1.54, 1.807) is 17.3 Å². The first-order valence-corrected chi connectivity index (χ1v) is 19.3. The van der Waals surface area contributed by atoms with Gasteiger partial charge in [0.15, 0.2) is 0 Å². The van der Waals surface area contributed by atoms with Gasteiger partial charge in [0, 0.05) is 48.1 Å². The quantitative estimate of drug-likeness (QED) is 0.165. The second kappa shape index (κ2) is 17.2. The molecule has 0 aliphatic carbocycles. The first kappa shape index (κ1) is 38.8. The summed E-state index contributed by atoms with van der Waals surface area (Å²) in [6, 6.07) is 19.6. The highest BCUT2D eigenvalue weighted by Gasteiger charge is 2.39. The van der Waals surface area contributed by atoms with Crippen molar-refractivity contribution in [2.24, 2.45) is 10.9 Å². The summed E-state index contributed by atoms with van der Waals surface area (Å²) in [5, 5.41) is 7.50. The van der Waals surface area contributed by atoms with Crippen LogP contribution in [0.5, 0.6) is 0 Å². The Morgan fingerprint density at radius 1 is 0.825 bits per heavy atom. The highest BCUT2D eigenvalue weighted by molar-refractivity contribution is 5.99. The van der Waals surface area contributed by atoms with Gasteiger partial charge in [-0.05, 0) is 66.1 Å². The summed E-state index contributed by atoms with van der Waals surface area (Å²) in [5.41, 5.74) is 5.16. The number of ether oxygens (including phenoxy) is 2. The number of carbonyl (C=O) groups excluding carboxylic acids is 4. The Balaban J connectivity index is 0.994. The Hall–Kier alpha value is -6.42. The summed E-state index contributed by atoms with van der Waals surface area (Å²) in [6.07, 6.45) is 6.11. The van der Waals surface area contributed by atoms with Crippen LogP contribution in [0.15, 0.2) is 89.7 Å². The van der Waals surface area contributed by atoms with Crippen LogP contribution in [-0.2, 0) is 19.1 Å². The van der Waals surface area contributed by atoms with Crippen molar-refractivity contribution in [2.45, 2.75) is 70.1 Å². The van der Waals surface area contributed by atoms with Crippen LogP contribution in [0, 0.1) is 17.8 Å². The van der Waals surface area contributed by atoms with E-state index in [1.807, 2.05) is 61.2 Å². The molecule has 13 heteroatoms. The van der Waals surface area contributed by atoms with Gasteiger partial charge >= 0.3 is 12.2 Å². The normalized spacial score (nSPS) is 18.7. The molecule has 7 rings (SSSR count). The first-order chi connectivity index (χ1) is 27.6. The molecule has 0 bridgehead atoms. The van der Waals surface area contributed by atoms with Gasteiger partial charge in [-0.15, -0.1) is 0 Å². The van der Waals surface area contributed by atoms with Gasteiger partial charge in [-0.3, -0.25) is 14.6 Å². The number of fused-ring (bicyclic) bond motifs is 1. The number of rotatable bonds is 9. The lowest BCUT2D eigenvalue weighted by molar-refractivity contribution is -0.135. The van der Waals surface area contributed by atoms with Crippen molar-refractivity contribution in [3.05, 3.63) is 102 Å². The molecule has 0 spiro atoms. The Morgan fingerprint density at radius 3 is 2.25 bits per heavy atom. The number of aromatic nitrogens is 2. The number of carbonyl (C=O) groups is 4. The predicted molar refractivity (Wildman–Crippen MR) is 216 cm³/mol. The van der Waals surface area contributed by atoms with Gasteiger partial charge in [-0.25, -0.2) is 14.6 Å². The number of allylic oxidation sites excluding steroid dienone is 1. The molecule has 13 nitrogen and oxygen atoms in total. The minimum absolute atomic E-state index is 0.110. The number of nitrogens with one attached hydrogen (secondary N) is 3. The molecule has 294 valence electrons. The molecule has 0 radical (unpaired) electrons. The standard InChI is InChI=1S/C44H47N7O6/c1-27(2)38(48-43(54)56-3)41(52)51-21-9-13-37(51)40-46-26-35(47-40)33-19-18-31-22-28(16-17-32(31)24-33)14-15-29-23-34(45-25-29)36-12-8-20-50(36)42(53)39(49-44(55)57-4)30-10-6-5-7-11-30/h5-7,10-11,16-19,22,24-27,36-39H,8-9,12-13,20-21,23H2,1-4H3,(H,46,47)(H,48,54)(H,49,55)/t36-,37-,38-,39?/m0/s1. The van der Waals surface area contributed by atoms with Crippen LogP contribution in [0.4, 0.5) is 9.59 Å². The maximum Gasteiger partial charge on any atom is 0.407 e. The molecule has 3 aromatic carbocycles. The molecule has 4 atom stereocenters. The van der Waals surface area contributed by atoms with Gasteiger partial charge in [0.1, 0.15) is 17.9 Å². The van der Waals surface area contributed by atoms with E-state index in [2.05, 4.69) is 56.7 Å². The number of hydrogen-bond donors (Lipinski definition) is 3. The van der Waals surface area contributed by atoms with Gasteiger partial charge in [0.05, 0.1) is 38.2 Å². The van der Waals surface area contributed by atoms with E-state index in [-0.39, 0.29) is 29.8 Å². The Labute approximate surface area is 331 Å². The smallest absolute Gasteiger partial charge is 0.407 e. The number of nitrogens with zero attached hydrogens (tertiary/aromatic N) is 4. The SMILES string of the molecule is COC(=O)NC(C(=O)N1CCC[C@H]1C1=NC=C(C#Cc2ccc3cc(-c4cnc([C@@H]5CCCN5C(=O)[C@@H](NC(=O)OC)C(C)C)[nH]4)ccc3c2)C1)c1ccccc1. The zero-order valence-corrected chi connectivity index (χ0v) is 32.6. The largest absolute Gasteiger partial charge is 0.453 e. The molecule has 4 amide bonds. The molecule has 3 aliphatic rings. The molecular weight excluding hydrogens is 723 g/mol. The third-order valence-corrected chi connectivity index (χ3v) is 10.9. The minimum atomic E-state index is -0.864. The van der Waals surface area contributed by atoms with Gasteiger partial charge in [-0.2, -0.15) is 0 Å². The number of H-pyrrole nitrogens is 1. The molecule has 3 aliphatic heterocycles. The molecule has 4 aromatic rings. The van der Waals surface area contributed by atoms with Crippen molar-refractivity contribution >= 4 is 40.5 Å². The van der Waals surface area contributed by atoms with Crippen LogP contribution < -0.4 is 10.6 Å². The number of likely N-dealkylation sites (tertiary alicyclic amines) is 2. The highest BCUT2D eigenvalue weighted by Crippen LogP contribution is 2.34. The second-order valence-electron chi connectivity index (χ2n) is 14.9. The number of aliphatic imine (C=N–C) groups is 1. The van der Waals surface area contributed by atoms with Crippen LogP contribution in [-0.4, -0.2) is 88.9 Å². The molecule has 2 saturated heterocycles. The lowest BCUT2D eigenvalue weighted by Gasteiger charge is -2.30. The Morgan fingerprint density at radius 2 is 1.51 bits per heavy atom. The molecule has 2 fully saturated rings. The van der Waals surface area contributed by atoms with E-state index in [4.69, 9.17) is 14.5 Å². The fraction of sp³-hybridized carbons (Fsp3) is 0.364. The van der Waals surface area contributed by atoms with E-state index in [0.717, 1.165) is 70.4 Å². The number of amides is 4. The summed E-state index contributed by atoms with van der Waals surface area (Å²) in [5.74, 6) is 6.87. The first-order valence-electron chi connectivity index (χ1n) is 19.3. The molecule has 1 unspecified atom stereocenters. The number of alkyl carbamates (subject to hydrolysis) is 2. The Bertz CT molecular complexity index is 2290. The zero-order valence-electron chi connectivity index (χ0n) is 32.6. The van der Waals surface area contributed by atoms with E-state index < -0.39 is 24.3 Å². The fourth-order valence-corrected chi connectivity index (χ4v) is 7.87. The zero-order chi connectivity index (χ0) is 40.1. The number of methoxy groups -OCH3 is 2. The summed E-state index contributed by atoms with van der Waals surface area (Å²) >= 11 is 0. The second-order valence-corrected chi connectivity index (χ2v) is 14.9. The highest BCUT2D eigenvalue weighted by atomic mass is 16.5. The van der Waals surface area contributed by atoms with Crippen molar-refractivity contribution in [3.63, 3.8) is 0 Å². The fourth-order valence-electron chi connectivity index (χ4n) is 7.87. The van der Waals surface area contributed by atoms with E-state index in [9.17, 15) is 19.2 Å². The molecule has 57 heavy (non-hydrogen) atoms.